The number of pyridine rings is 1. The topological polar surface area (TPSA) is 203 Å². The van der Waals surface area contributed by atoms with Crippen LogP contribution in [0.3, 0.4) is 0 Å². The van der Waals surface area contributed by atoms with Gasteiger partial charge >= 0.3 is 6.01 Å². The normalized spacial score (nSPS) is 21.4. The van der Waals surface area contributed by atoms with Gasteiger partial charge in [0.05, 0.1) is 28.8 Å². The number of β-amino-alcohol motifs (C(OH)–C–C–N with tert-alkyl or cyclic N) is 1. The molecule has 4 aromatic heterocycles. The Hall–Kier alpha value is -7.73. The van der Waals surface area contributed by atoms with Crippen LogP contribution in [0.2, 0.25) is 0 Å². The molecule has 5 saturated heterocycles. The first kappa shape index (κ1) is 53.9. The summed E-state index contributed by atoms with van der Waals surface area (Å²) in [7, 11) is 1.89. The van der Waals surface area contributed by atoms with Crippen LogP contribution in [-0.2, 0) is 16.6 Å². The first-order valence-corrected chi connectivity index (χ1v) is 28.4. The van der Waals surface area contributed by atoms with E-state index in [9.17, 15) is 19.8 Å². The number of carbonyl (C=O) groups is 2. The minimum atomic E-state index is -0.832. The van der Waals surface area contributed by atoms with Crippen LogP contribution in [0.15, 0.2) is 77.6 Å². The molecule has 422 valence electrons. The zero-order chi connectivity index (χ0) is 56.2. The lowest BCUT2D eigenvalue weighted by molar-refractivity contribution is -0.141. The lowest BCUT2D eigenvalue weighted by Gasteiger charge is -2.42. The van der Waals surface area contributed by atoms with E-state index in [2.05, 4.69) is 51.5 Å². The summed E-state index contributed by atoms with van der Waals surface area (Å²) in [5, 5.41) is 38.0. The molecule has 20 heteroatoms. The van der Waals surface area contributed by atoms with Crippen LogP contribution < -0.4 is 25.2 Å². The molecule has 81 heavy (non-hydrogen) atoms. The number of amides is 2. The molecule has 0 saturated carbocycles. The number of rotatable bonds is 16. The van der Waals surface area contributed by atoms with Crippen LogP contribution in [0.5, 0.6) is 11.8 Å². The third kappa shape index (κ3) is 10.7. The van der Waals surface area contributed by atoms with Crippen molar-refractivity contribution in [1.29, 1.82) is 0 Å². The zero-order valence-corrected chi connectivity index (χ0v) is 46.1. The number of aromatic nitrogens is 6. The molecule has 5 aliphatic rings. The van der Waals surface area contributed by atoms with E-state index in [1.807, 2.05) is 64.2 Å². The van der Waals surface area contributed by atoms with Gasteiger partial charge in [-0.05, 0) is 111 Å². The maximum Gasteiger partial charge on any atom is 0.319 e. The van der Waals surface area contributed by atoms with Crippen molar-refractivity contribution < 1.29 is 37.8 Å². The Morgan fingerprint density at radius 2 is 1.70 bits per heavy atom. The minimum Gasteiger partial charge on any atom is -0.508 e. The number of halogens is 2. The highest BCUT2D eigenvalue weighted by atomic mass is 19.1. The second-order valence-corrected chi connectivity index (χ2v) is 23.3. The number of piperidine rings is 1. The number of phenols is 1. The molecule has 0 spiro atoms. The van der Waals surface area contributed by atoms with Crippen LogP contribution in [0.4, 0.5) is 20.4 Å². The van der Waals surface area contributed by atoms with Gasteiger partial charge in [0.25, 0.3) is 0 Å². The van der Waals surface area contributed by atoms with E-state index in [0.29, 0.717) is 66.2 Å². The maximum atomic E-state index is 17.1. The van der Waals surface area contributed by atoms with Crippen molar-refractivity contribution in [2.45, 2.75) is 95.5 Å². The third-order valence-electron chi connectivity index (χ3n) is 17.4. The van der Waals surface area contributed by atoms with Crippen molar-refractivity contribution in [2.24, 2.45) is 24.8 Å². The van der Waals surface area contributed by atoms with Crippen molar-refractivity contribution in [1.82, 2.24) is 50.3 Å². The lowest BCUT2D eigenvalue weighted by Crippen LogP contribution is -2.51. The third-order valence-corrected chi connectivity index (χ3v) is 17.4. The van der Waals surface area contributed by atoms with Gasteiger partial charge in [-0.1, -0.05) is 55.3 Å². The summed E-state index contributed by atoms with van der Waals surface area (Å²) in [6, 6.07) is 16.7. The van der Waals surface area contributed by atoms with Crippen molar-refractivity contribution in [3.63, 3.8) is 0 Å². The van der Waals surface area contributed by atoms with Gasteiger partial charge in [0.15, 0.2) is 17.4 Å². The van der Waals surface area contributed by atoms with Gasteiger partial charge < -0.3 is 44.8 Å². The van der Waals surface area contributed by atoms with Gasteiger partial charge in [-0.25, -0.2) is 8.78 Å². The van der Waals surface area contributed by atoms with E-state index < -0.39 is 29.7 Å². The summed E-state index contributed by atoms with van der Waals surface area (Å²) >= 11 is 0. The van der Waals surface area contributed by atoms with Gasteiger partial charge in [0.1, 0.15) is 47.2 Å². The average Bonchev–Trinajstić information content (AvgIpc) is 4.36. The molecule has 5 aliphatic heterocycles. The van der Waals surface area contributed by atoms with Crippen LogP contribution in [0, 0.1) is 41.7 Å². The number of hydrogen-bond donors (Lipinski definition) is 4. The molecule has 12 rings (SSSR count). The van der Waals surface area contributed by atoms with Crippen LogP contribution in [0.1, 0.15) is 88.1 Å². The number of nitrogens with zero attached hydrogens (tertiary/aromatic N) is 10. The fourth-order valence-electron chi connectivity index (χ4n) is 13.1. The molecule has 7 aromatic rings. The number of anilines is 2. The van der Waals surface area contributed by atoms with E-state index >= 15 is 8.78 Å². The Morgan fingerprint density at radius 1 is 0.938 bits per heavy atom. The SMILES string of the molecule is C#Cc1c(F)ccc2cc(O)cc(-c3ncc4c(N5CC6CCC(C5)N6)nc(OCCN5CCC(CC6CN(c7cc(C(C(=O)N8C[C@H](O)C[C@H]8C(=O)NC(C)c8ccc(-c9ccnn9C)cc8)C(C)C)on7)C6)CC5)nc4c3F)c12. The number of phenolic OH excluding ortho intramolecular Hbond substituents is 1. The number of piperazine rings is 1. The van der Waals surface area contributed by atoms with Gasteiger partial charge in [-0.15, -0.1) is 6.42 Å². The fourth-order valence-corrected chi connectivity index (χ4v) is 13.1. The highest BCUT2D eigenvalue weighted by Crippen LogP contribution is 2.41. The molecule has 3 aromatic carbocycles. The summed E-state index contributed by atoms with van der Waals surface area (Å²) in [5.74, 6) is 2.17. The van der Waals surface area contributed by atoms with E-state index in [4.69, 9.17) is 20.7 Å². The molecular formula is C61H68F2N12O6. The summed E-state index contributed by atoms with van der Waals surface area (Å²) in [4.78, 5) is 50.5. The number of carbonyl (C=O) groups excluding carboxylic acids is 2. The first-order valence-electron chi connectivity index (χ1n) is 28.4. The Morgan fingerprint density at radius 3 is 2.42 bits per heavy atom. The molecule has 6 atom stereocenters. The van der Waals surface area contributed by atoms with Crippen LogP contribution in [0.25, 0.3) is 44.2 Å². The molecule has 9 heterocycles. The predicted molar refractivity (Wildman–Crippen MR) is 302 cm³/mol. The van der Waals surface area contributed by atoms with Crippen molar-refractivity contribution in [3.8, 4) is 46.6 Å². The van der Waals surface area contributed by atoms with Crippen molar-refractivity contribution >= 4 is 45.1 Å². The number of aliphatic hydroxyl groups excluding tert-OH is 1. The number of hydrogen-bond acceptors (Lipinski definition) is 15. The number of likely N-dealkylation sites (tertiary alicyclic amines) is 2. The zero-order valence-electron chi connectivity index (χ0n) is 46.1. The van der Waals surface area contributed by atoms with E-state index in [1.165, 1.54) is 29.2 Å². The molecule has 4 N–H and O–H groups in total. The summed E-state index contributed by atoms with van der Waals surface area (Å²) in [6.07, 6.45) is 13.6. The molecule has 0 radical (unpaired) electrons. The summed E-state index contributed by atoms with van der Waals surface area (Å²) < 4.78 is 46.1. The Labute approximate surface area is 468 Å². The molecule has 0 aliphatic carbocycles. The Kier molecular flexibility index (Phi) is 14.8. The fraction of sp³-hybridized carbons (Fsp3) is 0.459. The van der Waals surface area contributed by atoms with Crippen LogP contribution >= 0.6 is 0 Å². The molecule has 4 unspecified atom stereocenters. The Balaban J connectivity index is 0.644. The quantitative estimate of drug-likeness (QED) is 0.0700. The van der Waals surface area contributed by atoms with E-state index in [-0.39, 0.29) is 88.3 Å². The molecule has 5 fully saturated rings. The number of ether oxygens (including phenoxy) is 1. The predicted octanol–water partition coefficient (Wildman–Crippen LogP) is 7.34. The van der Waals surface area contributed by atoms with Gasteiger partial charge in [0, 0.05) is 94.2 Å². The Bertz CT molecular complexity index is 3520. The number of nitrogens with one attached hydrogen (secondary N) is 2. The van der Waals surface area contributed by atoms with Crippen LogP contribution in [-0.4, -0.2) is 145 Å². The number of aliphatic hydroxyl groups is 1. The largest absolute Gasteiger partial charge is 0.508 e. The monoisotopic (exact) mass is 1100 g/mol. The summed E-state index contributed by atoms with van der Waals surface area (Å²) in [5.41, 5.74) is 2.89. The van der Waals surface area contributed by atoms with Gasteiger partial charge in [-0.2, -0.15) is 15.1 Å². The second-order valence-electron chi connectivity index (χ2n) is 23.3. The van der Waals surface area contributed by atoms with Gasteiger partial charge in [-0.3, -0.25) is 24.2 Å². The minimum absolute atomic E-state index is 0.0112. The number of fused-ring (bicyclic) bond motifs is 4. The number of aryl methyl sites for hydroxylation is 1. The maximum absolute atomic E-state index is 17.1. The van der Waals surface area contributed by atoms with E-state index in [0.717, 1.165) is 75.1 Å². The van der Waals surface area contributed by atoms with Crippen molar-refractivity contribution in [2.75, 3.05) is 68.8 Å². The van der Waals surface area contributed by atoms with Crippen molar-refractivity contribution in [3.05, 3.63) is 102 Å². The summed E-state index contributed by atoms with van der Waals surface area (Å²) in [6.45, 7) is 11.7. The van der Waals surface area contributed by atoms with E-state index in [1.54, 1.807) is 17.1 Å². The second kappa shape index (κ2) is 22.3. The average molecular weight is 1100 g/mol. The molecule has 18 nitrogen and oxygen atoms in total. The molecule has 2 amide bonds. The smallest absolute Gasteiger partial charge is 0.319 e. The highest BCUT2D eigenvalue weighted by molar-refractivity contribution is 6.03. The standard InChI is InChI=1S/C61H68F2N12O6/c1-6-45-48(62)14-11-40-24-43(76)25-46(54(40)45)56-55(63)57-47(28-64-56)58(74-31-41-12-13-42(32-74)67-41)69-61(68-57)80-22-21-72-19-16-36(17-20-72)23-37-29-73(30-37)52-27-51(81-70-52)53(34(2)3)60(79)75-33-44(77)26-50(75)59(78)66-35(4)38-7-9-39(10-8-38)49-15-18-65-71(49)5/h1,7-11,14-15,18,24-25,27-28,34-37,41-42,44,50,53,67,76-77H,12-13,16-17,19-23,26,29-33H2,2-5H3,(H,66,78)/t35?,41?,42?,44-,50+,53?/m1/s1. The number of benzene rings is 3. The lowest BCUT2D eigenvalue weighted by atomic mass is 9.83. The highest BCUT2D eigenvalue weighted by Gasteiger charge is 2.44. The number of terminal acetylenes is 1. The van der Waals surface area contributed by atoms with Gasteiger partial charge in [0.2, 0.25) is 11.8 Å². The molecule has 2 bridgehead atoms. The molecular weight excluding hydrogens is 1030 g/mol. The first-order chi connectivity index (χ1) is 39.2. The number of aromatic hydroxyl groups is 1.